The molecule has 0 aromatic carbocycles. The van der Waals surface area contributed by atoms with Gasteiger partial charge in [0.1, 0.15) is 19.3 Å². The van der Waals surface area contributed by atoms with Gasteiger partial charge in [-0.05, 0) is 93.4 Å². The SMILES string of the molecule is CCC(C)(C)C(=O)OC1CCCCC1.CCC(C)(C)C(=O)OCC1COC(=O)O1.CCC(C)(C)C(=O)OCCC(C)(F)F. The first-order valence-electron chi connectivity index (χ1n) is 15.5. The summed E-state index contributed by atoms with van der Waals surface area (Å²) in [5.41, 5.74) is -1.38. The van der Waals surface area contributed by atoms with Gasteiger partial charge >= 0.3 is 24.1 Å². The van der Waals surface area contributed by atoms with Crippen LogP contribution in [0.2, 0.25) is 0 Å². The van der Waals surface area contributed by atoms with Gasteiger partial charge in [0.25, 0.3) is 0 Å². The first-order chi connectivity index (χ1) is 19.7. The molecule has 0 spiro atoms. The topological polar surface area (TPSA) is 114 Å². The fraction of sp³-hybridized carbons (Fsp3) is 0.875. The van der Waals surface area contributed by atoms with E-state index in [1.807, 2.05) is 48.5 Å². The van der Waals surface area contributed by atoms with E-state index in [4.69, 9.17) is 18.9 Å². The maximum atomic E-state index is 12.4. The van der Waals surface area contributed by atoms with Crippen LogP contribution in [-0.2, 0) is 38.1 Å². The number of halogens is 2. The fourth-order valence-corrected chi connectivity index (χ4v) is 3.26. The molecule has 1 saturated heterocycles. The minimum atomic E-state index is -2.77. The molecule has 9 nitrogen and oxygen atoms in total. The first-order valence-corrected chi connectivity index (χ1v) is 15.5. The summed E-state index contributed by atoms with van der Waals surface area (Å²) < 4.78 is 49.3. The van der Waals surface area contributed by atoms with E-state index in [1.165, 1.54) is 19.3 Å². The van der Waals surface area contributed by atoms with Gasteiger partial charge in [-0.2, -0.15) is 0 Å². The van der Waals surface area contributed by atoms with Gasteiger partial charge in [-0.1, -0.05) is 27.2 Å². The molecule has 0 radical (unpaired) electrons. The van der Waals surface area contributed by atoms with Gasteiger partial charge in [0.2, 0.25) is 5.92 Å². The molecule has 2 aliphatic rings. The summed E-state index contributed by atoms with van der Waals surface area (Å²) in [6.07, 6.45) is 6.64. The average molecular weight is 623 g/mol. The molecule has 2 fully saturated rings. The fourth-order valence-electron chi connectivity index (χ4n) is 3.26. The molecule has 1 aliphatic heterocycles. The Morgan fingerprint density at radius 1 is 0.767 bits per heavy atom. The summed E-state index contributed by atoms with van der Waals surface area (Å²) in [6.45, 7) is 17.6. The van der Waals surface area contributed by atoms with E-state index in [9.17, 15) is 28.0 Å². The molecule has 0 amide bonds. The quantitative estimate of drug-likeness (QED) is 0.159. The highest BCUT2D eigenvalue weighted by Crippen LogP contribution is 2.27. The number of hydrogen-bond acceptors (Lipinski definition) is 9. The van der Waals surface area contributed by atoms with Crippen molar-refractivity contribution in [3.05, 3.63) is 0 Å². The number of carbonyl (C=O) groups excluding carboxylic acids is 4. The average Bonchev–Trinajstić information content (AvgIpc) is 3.36. The van der Waals surface area contributed by atoms with E-state index in [0.717, 1.165) is 26.2 Å². The van der Waals surface area contributed by atoms with E-state index in [0.29, 0.717) is 12.8 Å². The van der Waals surface area contributed by atoms with Crippen LogP contribution in [0.3, 0.4) is 0 Å². The molecule has 0 bridgehead atoms. The van der Waals surface area contributed by atoms with Gasteiger partial charge in [0, 0.05) is 6.42 Å². The number of esters is 3. The highest BCUT2D eigenvalue weighted by molar-refractivity contribution is 5.76. The van der Waals surface area contributed by atoms with Gasteiger partial charge in [0.15, 0.2) is 6.10 Å². The van der Waals surface area contributed by atoms with Crippen LogP contribution in [0.15, 0.2) is 0 Å². The van der Waals surface area contributed by atoms with Crippen LogP contribution in [0.1, 0.15) is 127 Å². The van der Waals surface area contributed by atoms with Crippen LogP contribution in [0.5, 0.6) is 0 Å². The number of cyclic esters (lactones) is 2. The molecule has 252 valence electrons. The lowest BCUT2D eigenvalue weighted by atomic mass is 9.90. The normalized spacial score (nSPS) is 17.7. The standard InChI is InChI=1S/C12H22O2.C10H18F2O2.C10H16O5/c1-4-12(2,3)11(13)14-10-8-6-5-7-9-10;1-5-9(2,3)8(13)14-7-6-10(4,11)12;1-4-10(2,3)8(11)13-5-7-6-14-9(12)15-7/h10H,4-9H2,1-3H3;5-7H2,1-4H3;7H,4-6H2,1-3H3. The summed E-state index contributed by atoms with van der Waals surface area (Å²) >= 11 is 0. The molecule has 0 aromatic heterocycles. The van der Waals surface area contributed by atoms with Crippen LogP contribution < -0.4 is 0 Å². The van der Waals surface area contributed by atoms with Crippen molar-refractivity contribution < 1.29 is 51.6 Å². The zero-order valence-corrected chi connectivity index (χ0v) is 28.1. The second kappa shape index (κ2) is 18.4. The Bertz CT molecular complexity index is 873. The third-order valence-electron chi connectivity index (χ3n) is 7.96. The molecule has 11 heteroatoms. The maximum absolute atomic E-state index is 12.4. The number of alkyl halides is 2. The number of carbonyl (C=O) groups is 4. The van der Waals surface area contributed by atoms with Crippen molar-refractivity contribution in [2.45, 2.75) is 145 Å². The predicted molar refractivity (Wildman–Crippen MR) is 159 cm³/mol. The van der Waals surface area contributed by atoms with Crippen molar-refractivity contribution in [1.82, 2.24) is 0 Å². The van der Waals surface area contributed by atoms with Gasteiger partial charge in [-0.3, -0.25) is 14.4 Å². The van der Waals surface area contributed by atoms with Gasteiger partial charge < -0.3 is 23.7 Å². The Balaban J connectivity index is 0.000000616. The van der Waals surface area contributed by atoms with Crippen LogP contribution in [0.4, 0.5) is 13.6 Å². The number of ether oxygens (including phenoxy) is 5. The molecular formula is C32H56F2O9. The molecule has 1 atom stereocenters. The largest absolute Gasteiger partial charge is 0.508 e. The molecule has 2 rings (SSSR count). The summed E-state index contributed by atoms with van der Waals surface area (Å²) in [4.78, 5) is 45.2. The summed E-state index contributed by atoms with van der Waals surface area (Å²) in [5.74, 6) is -3.49. The monoisotopic (exact) mass is 622 g/mol. The number of rotatable bonds is 12. The van der Waals surface area contributed by atoms with Gasteiger partial charge in [0.05, 0.1) is 22.9 Å². The lowest BCUT2D eigenvalue weighted by Crippen LogP contribution is -2.31. The smallest absolute Gasteiger partial charge is 0.465 e. The van der Waals surface area contributed by atoms with Crippen molar-refractivity contribution in [2.24, 2.45) is 16.2 Å². The van der Waals surface area contributed by atoms with E-state index in [1.54, 1.807) is 13.8 Å². The van der Waals surface area contributed by atoms with Gasteiger partial charge in [-0.25, -0.2) is 13.6 Å². The third kappa shape index (κ3) is 16.8. The van der Waals surface area contributed by atoms with Crippen molar-refractivity contribution >= 4 is 24.1 Å². The van der Waals surface area contributed by atoms with Crippen LogP contribution in [0, 0.1) is 16.2 Å². The van der Waals surface area contributed by atoms with E-state index < -0.39 is 41.4 Å². The molecule has 0 aromatic rings. The zero-order valence-electron chi connectivity index (χ0n) is 28.1. The molecule has 43 heavy (non-hydrogen) atoms. The highest BCUT2D eigenvalue weighted by atomic mass is 19.3. The Hall–Kier alpha value is -2.46. The third-order valence-corrected chi connectivity index (χ3v) is 7.96. The first kappa shape index (κ1) is 40.5. The minimum absolute atomic E-state index is 0.0214. The Kier molecular flexibility index (Phi) is 17.3. The molecule has 0 N–H and O–H groups in total. The van der Waals surface area contributed by atoms with Crippen molar-refractivity contribution in [3.63, 3.8) is 0 Å². The summed E-state index contributed by atoms with van der Waals surface area (Å²) in [7, 11) is 0. The molecule has 1 saturated carbocycles. The molecular weight excluding hydrogens is 566 g/mol. The zero-order chi connectivity index (χ0) is 33.5. The number of hydrogen-bond donors (Lipinski definition) is 0. The molecule has 1 heterocycles. The van der Waals surface area contributed by atoms with E-state index in [2.05, 4.69) is 4.74 Å². The van der Waals surface area contributed by atoms with E-state index >= 15 is 0 Å². The maximum Gasteiger partial charge on any atom is 0.508 e. The second-order valence-corrected chi connectivity index (χ2v) is 13.2. The molecule has 1 aliphatic carbocycles. The Morgan fingerprint density at radius 3 is 1.65 bits per heavy atom. The Labute approximate surface area is 257 Å². The summed E-state index contributed by atoms with van der Waals surface area (Å²) in [6, 6.07) is 0. The predicted octanol–water partition coefficient (Wildman–Crippen LogP) is 7.81. The second-order valence-electron chi connectivity index (χ2n) is 13.2. The minimum Gasteiger partial charge on any atom is -0.465 e. The van der Waals surface area contributed by atoms with Crippen molar-refractivity contribution in [2.75, 3.05) is 19.8 Å². The van der Waals surface area contributed by atoms with Crippen molar-refractivity contribution in [1.29, 1.82) is 0 Å². The van der Waals surface area contributed by atoms with E-state index in [-0.39, 0.29) is 43.3 Å². The van der Waals surface area contributed by atoms with Crippen LogP contribution >= 0.6 is 0 Å². The van der Waals surface area contributed by atoms with Crippen LogP contribution in [-0.4, -0.2) is 62.0 Å². The highest BCUT2D eigenvalue weighted by Gasteiger charge is 2.32. The lowest BCUT2D eigenvalue weighted by Gasteiger charge is -2.27. The molecule has 1 unspecified atom stereocenters. The summed E-state index contributed by atoms with van der Waals surface area (Å²) in [5, 5.41) is 0. The Morgan fingerprint density at radius 2 is 1.23 bits per heavy atom. The van der Waals surface area contributed by atoms with Crippen LogP contribution in [0.25, 0.3) is 0 Å². The lowest BCUT2D eigenvalue weighted by molar-refractivity contribution is -0.161. The van der Waals surface area contributed by atoms with Crippen molar-refractivity contribution in [3.8, 4) is 0 Å². The van der Waals surface area contributed by atoms with Gasteiger partial charge in [-0.15, -0.1) is 0 Å².